The molecule has 0 aliphatic carbocycles. The van der Waals surface area contributed by atoms with Crippen molar-refractivity contribution in [3.8, 4) is 17.0 Å². The highest BCUT2D eigenvalue weighted by molar-refractivity contribution is 6.30. The van der Waals surface area contributed by atoms with Crippen molar-refractivity contribution in [1.82, 2.24) is 15.0 Å². The highest BCUT2D eigenvalue weighted by Crippen LogP contribution is 2.32. The summed E-state index contributed by atoms with van der Waals surface area (Å²) < 4.78 is 5.45. The molecule has 0 radical (unpaired) electrons. The fourth-order valence-electron chi connectivity index (χ4n) is 3.27. The first-order chi connectivity index (χ1) is 13.2. The molecule has 1 aliphatic heterocycles. The van der Waals surface area contributed by atoms with Crippen molar-refractivity contribution in [2.24, 2.45) is 0 Å². The lowest BCUT2D eigenvalue weighted by molar-refractivity contribution is 0.416. The molecule has 0 unspecified atom stereocenters. The fraction of sp³-hybridized carbons (Fsp3) is 0.250. The largest absolute Gasteiger partial charge is 0.496 e. The number of anilines is 2. The third-order valence-corrected chi connectivity index (χ3v) is 4.93. The number of aromatic nitrogens is 3. The van der Waals surface area contributed by atoms with Crippen LogP contribution in [0, 0.1) is 0 Å². The number of benzene rings is 1. The summed E-state index contributed by atoms with van der Waals surface area (Å²) in [5.41, 5.74) is 2.80. The zero-order valence-electron chi connectivity index (χ0n) is 15.0. The molecule has 6 nitrogen and oxygen atoms in total. The molecular formula is C20H20ClN5O. The monoisotopic (exact) mass is 381 g/mol. The lowest BCUT2D eigenvalue weighted by Crippen LogP contribution is -2.46. The molecule has 4 rings (SSSR count). The lowest BCUT2D eigenvalue weighted by atomic mass is 10.1. The summed E-state index contributed by atoms with van der Waals surface area (Å²) in [5, 5.41) is 0.643. The second-order valence-corrected chi connectivity index (χ2v) is 6.72. The molecule has 0 bridgehead atoms. The third kappa shape index (κ3) is 3.80. The van der Waals surface area contributed by atoms with Gasteiger partial charge in [-0.25, -0.2) is 4.98 Å². The van der Waals surface area contributed by atoms with Crippen LogP contribution in [-0.2, 0) is 0 Å². The Hall–Kier alpha value is -2.86. The van der Waals surface area contributed by atoms with Gasteiger partial charge in [0, 0.05) is 54.8 Å². The maximum absolute atomic E-state index is 6.16. The van der Waals surface area contributed by atoms with E-state index < -0.39 is 0 Å². The Morgan fingerprint density at radius 2 is 1.67 bits per heavy atom. The smallest absolute Gasteiger partial charge is 0.147 e. The van der Waals surface area contributed by atoms with Crippen LogP contribution in [0.2, 0.25) is 5.02 Å². The van der Waals surface area contributed by atoms with Crippen LogP contribution in [0.4, 0.5) is 11.5 Å². The van der Waals surface area contributed by atoms with Crippen LogP contribution in [0.25, 0.3) is 11.3 Å². The highest BCUT2D eigenvalue weighted by atomic mass is 35.5. The van der Waals surface area contributed by atoms with Crippen LogP contribution < -0.4 is 14.5 Å². The van der Waals surface area contributed by atoms with Gasteiger partial charge in [-0.1, -0.05) is 11.6 Å². The summed E-state index contributed by atoms with van der Waals surface area (Å²) in [5.74, 6) is 1.59. The number of nitrogens with zero attached hydrogens (tertiary/aromatic N) is 5. The third-order valence-electron chi connectivity index (χ3n) is 4.69. The van der Waals surface area contributed by atoms with Gasteiger partial charge >= 0.3 is 0 Å². The van der Waals surface area contributed by atoms with E-state index in [1.165, 1.54) is 5.69 Å². The molecule has 7 heteroatoms. The Labute approximate surface area is 163 Å². The van der Waals surface area contributed by atoms with Crippen LogP contribution in [0.15, 0.2) is 55.1 Å². The van der Waals surface area contributed by atoms with Gasteiger partial charge in [0.15, 0.2) is 0 Å². The summed E-state index contributed by atoms with van der Waals surface area (Å²) in [4.78, 5) is 17.9. The minimum Gasteiger partial charge on any atom is -0.496 e. The molecule has 0 N–H and O–H groups in total. The number of hydrogen-bond donors (Lipinski definition) is 0. The van der Waals surface area contributed by atoms with Crippen LogP contribution >= 0.6 is 11.6 Å². The molecule has 1 fully saturated rings. The zero-order chi connectivity index (χ0) is 18.6. The second-order valence-electron chi connectivity index (χ2n) is 6.29. The number of ether oxygens (including phenoxy) is 1. The topological polar surface area (TPSA) is 54.4 Å². The van der Waals surface area contributed by atoms with Crippen molar-refractivity contribution >= 4 is 23.1 Å². The molecule has 1 saturated heterocycles. The summed E-state index contributed by atoms with van der Waals surface area (Å²) >= 11 is 6.16. The second kappa shape index (κ2) is 7.80. The van der Waals surface area contributed by atoms with Crippen molar-refractivity contribution in [3.05, 3.63) is 60.1 Å². The molecular weight excluding hydrogens is 362 g/mol. The number of rotatable bonds is 4. The normalized spacial score (nSPS) is 14.3. The molecule has 138 valence electrons. The minimum absolute atomic E-state index is 0.643. The molecule has 1 aliphatic rings. The van der Waals surface area contributed by atoms with Crippen molar-refractivity contribution in [3.63, 3.8) is 0 Å². The van der Waals surface area contributed by atoms with E-state index in [2.05, 4.69) is 19.8 Å². The number of halogens is 1. The highest BCUT2D eigenvalue weighted by Gasteiger charge is 2.19. The maximum Gasteiger partial charge on any atom is 0.147 e. The number of piperazine rings is 1. The number of pyridine rings is 1. The molecule has 3 heterocycles. The summed E-state index contributed by atoms with van der Waals surface area (Å²) in [7, 11) is 1.64. The summed E-state index contributed by atoms with van der Waals surface area (Å²) in [6.07, 6.45) is 7.21. The molecule has 2 aromatic heterocycles. The number of methoxy groups -OCH3 is 1. The Kier molecular flexibility index (Phi) is 5.07. The Bertz CT molecular complexity index is 913. The number of hydrogen-bond acceptors (Lipinski definition) is 6. The van der Waals surface area contributed by atoms with Gasteiger partial charge in [-0.15, -0.1) is 0 Å². The van der Waals surface area contributed by atoms with Crippen LogP contribution in [0.1, 0.15) is 0 Å². The zero-order valence-corrected chi connectivity index (χ0v) is 15.8. The minimum atomic E-state index is 0.643. The van der Waals surface area contributed by atoms with Crippen molar-refractivity contribution in [2.45, 2.75) is 0 Å². The fourth-order valence-corrected chi connectivity index (χ4v) is 3.44. The molecule has 0 amide bonds. The van der Waals surface area contributed by atoms with Crippen molar-refractivity contribution < 1.29 is 4.74 Å². The molecule has 27 heavy (non-hydrogen) atoms. The van der Waals surface area contributed by atoms with E-state index in [4.69, 9.17) is 21.3 Å². The van der Waals surface area contributed by atoms with Crippen molar-refractivity contribution in [2.75, 3.05) is 43.1 Å². The van der Waals surface area contributed by atoms with Gasteiger partial charge in [-0.2, -0.15) is 0 Å². The average Bonchev–Trinajstić information content (AvgIpc) is 2.74. The first-order valence-electron chi connectivity index (χ1n) is 8.80. The molecule has 0 spiro atoms. The van der Waals surface area contributed by atoms with E-state index in [0.717, 1.165) is 49.0 Å². The standard InChI is InChI=1S/C20H20ClN5O/c1-27-19-3-2-15(21)12-17(19)18-13-23-14-20(24-18)26-10-8-25(9-11-26)16-4-6-22-7-5-16/h2-7,12-14H,8-11H2,1H3. The quantitative estimate of drug-likeness (QED) is 0.689. The van der Waals surface area contributed by atoms with E-state index in [0.29, 0.717) is 5.02 Å². The average molecular weight is 382 g/mol. The van der Waals surface area contributed by atoms with E-state index in [-0.39, 0.29) is 0 Å². The van der Waals surface area contributed by atoms with E-state index in [9.17, 15) is 0 Å². The summed E-state index contributed by atoms with van der Waals surface area (Å²) in [6.45, 7) is 3.62. The Balaban J connectivity index is 1.53. The van der Waals surface area contributed by atoms with Gasteiger partial charge in [0.25, 0.3) is 0 Å². The molecule has 0 saturated carbocycles. The van der Waals surface area contributed by atoms with Gasteiger partial charge in [-0.05, 0) is 30.3 Å². The van der Waals surface area contributed by atoms with E-state index in [1.807, 2.05) is 42.9 Å². The van der Waals surface area contributed by atoms with Crippen LogP contribution in [0.5, 0.6) is 5.75 Å². The van der Waals surface area contributed by atoms with Crippen molar-refractivity contribution in [1.29, 1.82) is 0 Å². The molecule has 1 aromatic carbocycles. The predicted molar refractivity (Wildman–Crippen MR) is 108 cm³/mol. The van der Waals surface area contributed by atoms with E-state index in [1.54, 1.807) is 19.4 Å². The van der Waals surface area contributed by atoms with Crippen LogP contribution in [0.3, 0.4) is 0 Å². The predicted octanol–water partition coefficient (Wildman–Crippen LogP) is 3.53. The van der Waals surface area contributed by atoms with E-state index >= 15 is 0 Å². The molecule has 3 aromatic rings. The van der Waals surface area contributed by atoms with Gasteiger partial charge < -0.3 is 14.5 Å². The lowest BCUT2D eigenvalue weighted by Gasteiger charge is -2.36. The first kappa shape index (κ1) is 17.5. The Morgan fingerprint density at radius 3 is 2.41 bits per heavy atom. The van der Waals surface area contributed by atoms with Gasteiger partial charge in [-0.3, -0.25) is 9.97 Å². The van der Waals surface area contributed by atoms with Gasteiger partial charge in [0.05, 0.1) is 25.2 Å². The Morgan fingerprint density at radius 1 is 0.926 bits per heavy atom. The molecule has 0 atom stereocenters. The van der Waals surface area contributed by atoms with Gasteiger partial charge in [0.2, 0.25) is 0 Å². The maximum atomic E-state index is 6.16. The van der Waals surface area contributed by atoms with Gasteiger partial charge in [0.1, 0.15) is 11.6 Å². The summed E-state index contributed by atoms with van der Waals surface area (Å²) in [6, 6.07) is 9.59. The van der Waals surface area contributed by atoms with Crippen LogP contribution in [-0.4, -0.2) is 48.2 Å². The first-order valence-corrected chi connectivity index (χ1v) is 9.18. The SMILES string of the molecule is COc1ccc(Cl)cc1-c1cncc(N2CCN(c3ccncc3)CC2)n1.